The molecule has 0 atom stereocenters. The molecule has 4 nitrogen and oxygen atoms in total. The minimum Gasteiger partial charge on any atom is -0.497 e. The molecule has 158 valence electrons. The number of benzene rings is 3. The SMILES string of the molecule is COc1ccc(-c2ccnn2C2CCN(CCc3cccc4ccccc34)CC2)cc1. The Bertz CT molecular complexity index is 1140. The monoisotopic (exact) mass is 411 g/mol. The summed E-state index contributed by atoms with van der Waals surface area (Å²) in [6.07, 6.45) is 5.30. The molecule has 0 N–H and O–H groups in total. The fourth-order valence-electron chi connectivity index (χ4n) is 4.77. The number of likely N-dealkylation sites (tertiary alicyclic amines) is 1. The van der Waals surface area contributed by atoms with Crippen LogP contribution in [0.1, 0.15) is 24.4 Å². The van der Waals surface area contributed by atoms with Crippen LogP contribution in [0, 0.1) is 0 Å². The maximum Gasteiger partial charge on any atom is 0.118 e. The van der Waals surface area contributed by atoms with Gasteiger partial charge in [0.25, 0.3) is 0 Å². The molecule has 1 aromatic heterocycles. The van der Waals surface area contributed by atoms with Gasteiger partial charge in [-0.3, -0.25) is 4.68 Å². The van der Waals surface area contributed by atoms with E-state index in [0.29, 0.717) is 6.04 Å². The van der Waals surface area contributed by atoms with Gasteiger partial charge in [0.15, 0.2) is 0 Å². The Hall–Kier alpha value is -3.11. The van der Waals surface area contributed by atoms with Gasteiger partial charge in [-0.15, -0.1) is 0 Å². The van der Waals surface area contributed by atoms with Crippen molar-refractivity contribution in [1.29, 1.82) is 0 Å². The summed E-state index contributed by atoms with van der Waals surface area (Å²) in [5, 5.41) is 7.40. The number of piperidine rings is 1. The van der Waals surface area contributed by atoms with Crippen molar-refractivity contribution in [3.63, 3.8) is 0 Å². The van der Waals surface area contributed by atoms with Gasteiger partial charge in [0.1, 0.15) is 5.75 Å². The van der Waals surface area contributed by atoms with Crippen molar-refractivity contribution in [2.75, 3.05) is 26.7 Å². The van der Waals surface area contributed by atoms with Gasteiger partial charge in [-0.05, 0) is 65.9 Å². The Labute approximate surface area is 184 Å². The number of ether oxygens (including phenoxy) is 1. The highest BCUT2D eigenvalue weighted by atomic mass is 16.5. The van der Waals surface area contributed by atoms with Crippen molar-refractivity contribution in [3.05, 3.63) is 84.6 Å². The van der Waals surface area contributed by atoms with E-state index in [1.165, 1.54) is 27.6 Å². The summed E-state index contributed by atoms with van der Waals surface area (Å²) in [4.78, 5) is 2.61. The molecule has 1 aliphatic rings. The highest BCUT2D eigenvalue weighted by Crippen LogP contribution is 2.29. The Morgan fingerprint density at radius 2 is 1.68 bits per heavy atom. The van der Waals surface area contributed by atoms with Crippen molar-refractivity contribution >= 4 is 10.8 Å². The Morgan fingerprint density at radius 3 is 2.48 bits per heavy atom. The maximum absolute atomic E-state index is 5.30. The molecule has 31 heavy (non-hydrogen) atoms. The molecule has 0 saturated carbocycles. The molecule has 4 heteroatoms. The second kappa shape index (κ2) is 8.94. The number of hydrogen-bond acceptors (Lipinski definition) is 3. The third-order valence-corrected chi connectivity index (χ3v) is 6.54. The lowest BCUT2D eigenvalue weighted by Crippen LogP contribution is -2.36. The van der Waals surface area contributed by atoms with E-state index in [1.807, 2.05) is 18.3 Å². The zero-order chi connectivity index (χ0) is 21.0. The first kappa shape index (κ1) is 19.8. The molecule has 1 fully saturated rings. The molecular weight excluding hydrogens is 382 g/mol. The Kier molecular flexibility index (Phi) is 5.72. The van der Waals surface area contributed by atoms with Crippen molar-refractivity contribution in [3.8, 4) is 17.0 Å². The summed E-state index contributed by atoms with van der Waals surface area (Å²) >= 11 is 0. The summed E-state index contributed by atoms with van der Waals surface area (Å²) in [5.41, 5.74) is 3.84. The lowest BCUT2D eigenvalue weighted by Gasteiger charge is -2.33. The summed E-state index contributed by atoms with van der Waals surface area (Å²) < 4.78 is 7.52. The lowest BCUT2D eigenvalue weighted by atomic mass is 10.0. The minimum atomic E-state index is 0.459. The van der Waals surface area contributed by atoms with E-state index in [0.717, 1.165) is 44.6 Å². The third kappa shape index (κ3) is 4.21. The average Bonchev–Trinajstić information content (AvgIpc) is 3.33. The first-order valence-electron chi connectivity index (χ1n) is 11.2. The average molecular weight is 412 g/mol. The second-order valence-corrected chi connectivity index (χ2v) is 8.35. The van der Waals surface area contributed by atoms with E-state index in [9.17, 15) is 0 Å². The standard InChI is InChI=1S/C27H29N3O/c1-31-25-11-9-23(10-12-25)27-13-17-28-30(27)24-15-19-29(20-16-24)18-14-22-7-4-6-21-5-2-3-8-26(21)22/h2-13,17,24H,14-16,18-20H2,1H3. The summed E-state index contributed by atoms with van der Waals surface area (Å²) in [6.45, 7) is 3.36. The number of rotatable bonds is 6. The van der Waals surface area contributed by atoms with Crippen LogP contribution in [0.4, 0.5) is 0 Å². The van der Waals surface area contributed by atoms with Gasteiger partial charge >= 0.3 is 0 Å². The van der Waals surface area contributed by atoms with Crippen LogP contribution in [-0.4, -0.2) is 41.4 Å². The molecule has 3 aromatic carbocycles. The summed E-state index contributed by atoms with van der Waals surface area (Å²) in [6, 6.07) is 26.2. The molecule has 2 heterocycles. The van der Waals surface area contributed by atoms with Crippen LogP contribution >= 0.6 is 0 Å². The molecule has 4 aromatic rings. The van der Waals surface area contributed by atoms with E-state index < -0.39 is 0 Å². The van der Waals surface area contributed by atoms with Crippen LogP contribution in [-0.2, 0) is 6.42 Å². The lowest BCUT2D eigenvalue weighted by molar-refractivity contribution is 0.182. The van der Waals surface area contributed by atoms with Gasteiger partial charge in [0.05, 0.1) is 18.8 Å². The van der Waals surface area contributed by atoms with Crippen LogP contribution in [0.5, 0.6) is 5.75 Å². The molecule has 0 amide bonds. The molecular formula is C27H29N3O. The zero-order valence-electron chi connectivity index (χ0n) is 18.1. The number of fused-ring (bicyclic) bond motifs is 1. The van der Waals surface area contributed by atoms with Crippen molar-refractivity contribution in [1.82, 2.24) is 14.7 Å². The molecule has 0 bridgehead atoms. The topological polar surface area (TPSA) is 30.3 Å². The van der Waals surface area contributed by atoms with Gasteiger partial charge in [0.2, 0.25) is 0 Å². The van der Waals surface area contributed by atoms with Gasteiger partial charge in [-0.2, -0.15) is 5.10 Å². The molecule has 0 spiro atoms. The second-order valence-electron chi connectivity index (χ2n) is 8.35. The van der Waals surface area contributed by atoms with E-state index >= 15 is 0 Å². The molecule has 0 radical (unpaired) electrons. The van der Waals surface area contributed by atoms with Gasteiger partial charge < -0.3 is 9.64 Å². The van der Waals surface area contributed by atoms with E-state index in [1.54, 1.807) is 7.11 Å². The molecule has 1 aliphatic heterocycles. The Morgan fingerprint density at radius 1 is 0.903 bits per heavy atom. The van der Waals surface area contributed by atoms with Crippen molar-refractivity contribution in [2.45, 2.75) is 25.3 Å². The predicted octanol–water partition coefficient (Wildman–Crippen LogP) is 5.59. The minimum absolute atomic E-state index is 0.459. The van der Waals surface area contributed by atoms with E-state index in [2.05, 4.69) is 75.3 Å². The summed E-state index contributed by atoms with van der Waals surface area (Å²) in [5.74, 6) is 0.884. The number of aromatic nitrogens is 2. The summed E-state index contributed by atoms with van der Waals surface area (Å²) in [7, 11) is 1.70. The largest absolute Gasteiger partial charge is 0.497 e. The van der Waals surface area contributed by atoms with Crippen LogP contribution in [0.3, 0.4) is 0 Å². The smallest absolute Gasteiger partial charge is 0.118 e. The molecule has 0 unspecified atom stereocenters. The normalized spacial score (nSPS) is 15.4. The van der Waals surface area contributed by atoms with Crippen molar-refractivity contribution in [2.24, 2.45) is 0 Å². The zero-order valence-corrected chi connectivity index (χ0v) is 18.1. The first-order chi connectivity index (χ1) is 15.3. The number of methoxy groups -OCH3 is 1. The maximum atomic E-state index is 5.30. The highest BCUT2D eigenvalue weighted by molar-refractivity contribution is 5.85. The molecule has 1 saturated heterocycles. The quantitative estimate of drug-likeness (QED) is 0.414. The predicted molar refractivity (Wildman–Crippen MR) is 127 cm³/mol. The van der Waals surface area contributed by atoms with Crippen LogP contribution in [0.2, 0.25) is 0 Å². The van der Waals surface area contributed by atoms with Gasteiger partial charge in [0, 0.05) is 31.4 Å². The van der Waals surface area contributed by atoms with Crippen LogP contribution in [0.25, 0.3) is 22.0 Å². The van der Waals surface area contributed by atoms with Crippen LogP contribution in [0.15, 0.2) is 79.0 Å². The van der Waals surface area contributed by atoms with Gasteiger partial charge in [-0.25, -0.2) is 0 Å². The van der Waals surface area contributed by atoms with Crippen molar-refractivity contribution < 1.29 is 4.74 Å². The fourth-order valence-corrected chi connectivity index (χ4v) is 4.77. The molecule has 0 aliphatic carbocycles. The number of nitrogens with zero attached hydrogens (tertiary/aromatic N) is 3. The van der Waals surface area contributed by atoms with E-state index in [-0.39, 0.29) is 0 Å². The molecule has 5 rings (SSSR count). The van der Waals surface area contributed by atoms with Crippen LogP contribution < -0.4 is 4.74 Å². The Balaban J connectivity index is 1.22. The van der Waals surface area contributed by atoms with E-state index in [4.69, 9.17) is 4.74 Å². The number of hydrogen-bond donors (Lipinski definition) is 0. The third-order valence-electron chi connectivity index (χ3n) is 6.54. The first-order valence-corrected chi connectivity index (χ1v) is 11.2. The highest BCUT2D eigenvalue weighted by Gasteiger charge is 2.23. The van der Waals surface area contributed by atoms with Gasteiger partial charge in [-0.1, -0.05) is 42.5 Å². The fraction of sp³-hybridized carbons (Fsp3) is 0.296.